The number of piperidine rings is 1. The number of likely N-dealkylation sites (tertiary alicyclic amines) is 2. The van der Waals surface area contributed by atoms with Gasteiger partial charge in [-0.2, -0.15) is 4.31 Å². The molecule has 0 aromatic rings. The standard InChI is InChI=1S/C31H53N3O10S/c1-9-42-27(35)25-15-24(34(30(38)44-31(5,6)7)45(39,40)19-20(3)4)18-32(25)16-21-11-12-22-17-33(29(37)41-8)26(14-23(22)13-21)28(36)43-10-2/h20-26H,9-19H2,1-8H3. The number of methoxy groups -OCH3 is 1. The van der Waals surface area contributed by atoms with Gasteiger partial charge in [0.05, 0.1) is 32.1 Å². The Kier molecular flexibility index (Phi) is 12.5. The largest absolute Gasteiger partial charge is 0.465 e. The Balaban J connectivity index is 1.83. The maximum Gasteiger partial charge on any atom is 0.424 e. The molecule has 1 saturated carbocycles. The van der Waals surface area contributed by atoms with Crippen molar-refractivity contribution >= 4 is 34.1 Å². The molecule has 0 bridgehead atoms. The number of ether oxygens (including phenoxy) is 4. The molecule has 6 atom stereocenters. The predicted octanol–water partition coefficient (Wildman–Crippen LogP) is 3.65. The van der Waals surface area contributed by atoms with E-state index in [2.05, 4.69) is 0 Å². The second kappa shape index (κ2) is 15.3. The molecule has 1 aliphatic carbocycles. The number of fused-ring (bicyclic) bond motifs is 1. The van der Waals surface area contributed by atoms with Crippen molar-refractivity contribution in [1.29, 1.82) is 0 Å². The number of sulfonamides is 1. The Morgan fingerprint density at radius 2 is 1.51 bits per heavy atom. The van der Waals surface area contributed by atoms with Crippen LogP contribution in [0.4, 0.5) is 9.59 Å². The lowest BCUT2D eigenvalue weighted by molar-refractivity contribution is -0.153. The first-order valence-corrected chi connectivity index (χ1v) is 17.8. The van der Waals surface area contributed by atoms with Crippen LogP contribution in [0.5, 0.6) is 0 Å². The summed E-state index contributed by atoms with van der Waals surface area (Å²) in [6.07, 6.45) is 1.50. The molecule has 3 fully saturated rings. The molecule has 258 valence electrons. The van der Waals surface area contributed by atoms with Crippen LogP contribution in [0.1, 0.15) is 80.6 Å². The molecule has 2 amide bonds. The van der Waals surface area contributed by atoms with Crippen molar-refractivity contribution in [3.8, 4) is 0 Å². The molecule has 3 aliphatic rings. The first kappa shape index (κ1) is 36.9. The molecule has 2 heterocycles. The smallest absolute Gasteiger partial charge is 0.424 e. The maximum absolute atomic E-state index is 13.6. The molecule has 0 radical (unpaired) electrons. The minimum atomic E-state index is -4.05. The highest BCUT2D eigenvalue weighted by Crippen LogP contribution is 2.42. The third-order valence-corrected chi connectivity index (χ3v) is 10.9. The van der Waals surface area contributed by atoms with Gasteiger partial charge in [0.1, 0.15) is 17.7 Å². The van der Waals surface area contributed by atoms with Gasteiger partial charge in [0.25, 0.3) is 0 Å². The normalized spacial score (nSPS) is 27.4. The van der Waals surface area contributed by atoms with Crippen LogP contribution in [0.25, 0.3) is 0 Å². The van der Waals surface area contributed by atoms with Crippen molar-refractivity contribution in [1.82, 2.24) is 14.1 Å². The quantitative estimate of drug-likeness (QED) is 0.250. The van der Waals surface area contributed by atoms with Gasteiger partial charge in [-0.05, 0) is 90.4 Å². The van der Waals surface area contributed by atoms with E-state index in [1.54, 1.807) is 48.5 Å². The Morgan fingerprint density at radius 1 is 0.889 bits per heavy atom. The fraction of sp³-hybridized carbons (Fsp3) is 0.871. The molecule has 0 spiro atoms. The van der Waals surface area contributed by atoms with Crippen LogP contribution in [0, 0.1) is 23.7 Å². The van der Waals surface area contributed by atoms with Crippen LogP contribution in [-0.4, -0.2) is 116 Å². The van der Waals surface area contributed by atoms with Crippen LogP contribution >= 0.6 is 0 Å². The van der Waals surface area contributed by atoms with E-state index in [0.717, 1.165) is 23.6 Å². The van der Waals surface area contributed by atoms with E-state index in [4.69, 9.17) is 18.9 Å². The lowest BCUT2D eigenvalue weighted by Gasteiger charge is -2.46. The fourth-order valence-electron chi connectivity index (χ4n) is 7.06. The molecular weight excluding hydrogens is 606 g/mol. The lowest BCUT2D eigenvalue weighted by atomic mass is 9.69. The summed E-state index contributed by atoms with van der Waals surface area (Å²) in [5.74, 6) is -0.853. The van der Waals surface area contributed by atoms with Gasteiger partial charge in [0, 0.05) is 19.6 Å². The number of amides is 2. The van der Waals surface area contributed by atoms with Crippen molar-refractivity contribution in [3.63, 3.8) is 0 Å². The molecule has 2 saturated heterocycles. The van der Waals surface area contributed by atoms with Crippen molar-refractivity contribution in [2.24, 2.45) is 23.7 Å². The van der Waals surface area contributed by atoms with Gasteiger partial charge >= 0.3 is 24.1 Å². The van der Waals surface area contributed by atoms with Crippen LogP contribution < -0.4 is 0 Å². The highest BCUT2D eigenvalue weighted by Gasteiger charge is 2.49. The molecule has 0 aromatic carbocycles. The highest BCUT2D eigenvalue weighted by molar-refractivity contribution is 7.89. The zero-order valence-corrected chi connectivity index (χ0v) is 29.0. The van der Waals surface area contributed by atoms with Gasteiger partial charge < -0.3 is 18.9 Å². The minimum absolute atomic E-state index is 0.104. The zero-order valence-electron chi connectivity index (χ0n) is 28.2. The summed E-state index contributed by atoms with van der Waals surface area (Å²) in [6.45, 7) is 13.5. The third-order valence-electron chi connectivity index (χ3n) is 8.73. The molecule has 0 N–H and O–H groups in total. The number of esters is 2. The van der Waals surface area contributed by atoms with Gasteiger partial charge in [-0.3, -0.25) is 14.6 Å². The van der Waals surface area contributed by atoms with Gasteiger partial charge in [0.15, 0.2) is 0 Å². The SMILES string of the molecule is CCOC(=O)C1CC(N(C(=O)OC(C)(C)C)S(=O)(=O)CC(C)C)CN1CC1CCC2CN(C(=O)OC)C(C(=O)OCC)CC2C1. The summed E-state index contributed by atoms with van der Waals surface area (Å²) in [7, 11) is -2.75. The number of rotatable bonds is 10. The highest BCUT2D eigenvalue weighted by atomic mass is 32.2. The summed E-state index contributed by atoms with van der Waals surface area (Å²) in [5.41, 5.74) is -0.912. The first-order chi connectivity index (χ1) is 21.0. The van der Waals surface area contributed by atoms with Gasteiger partial charge in [-0.25, -0.2) is 22.8 Å². The molecule has 2 aliphatic heterocycles. The number of nitrogens with zero attached hydrogens (tertiary/aromatic N) is 3. The van der Waals surface area contributed by atoms with E-state index >= 15 is 0 Å². The van der Waals surface area contributed by atoms with E-state index in [9.17, 15) is 27.6 Å². The number of hydrogen-bond acceptors (Lipinski definition) is 11. The third kappa shape index (κ3) is 9.46. The maximum atomic E-state index is 13.6. The van der Waals surface area contributed by atoms with Crippen molar-refractivity contribution in [3.05, 3.63) is 0 Å². The summed E-state index contributed by atoms with van der Waals surface area (Å²) < 4.78 is 49.1. The first-order valence-electron chi connectivity index (χ1n) is 16.2. The number of carbonyl (C=O) groups is 4. The molecule has 3 rings (SSSR count). The summed E-state index contributed by atoms with van der Waals surface area (Å²) in [4.78, 5) is 55.3. The van der Waals surface area contributed by atoms with Gasteiger partial charge in [-0.1, -0.05) is 13.8 Å². The van der Waals surface area contributed by atoms with Gasteiger partial charge in [-0.15, -0.1) is 0 Å². The number of hydrogen-bond donors (Lipinski definition) is 0. The Morgan fingerprint density at radius 3 is 2.07 bits per heavy atom. The van der Waals surface area contributed by atoms with E-state index in [-0.39, 0.29) is 55.6 Å². The minimum Gasteiger partial charge on any atom is -0.465 e. The van der Waals surface area contributed by atoms with Gasteiger partial charge in [0.2, 0.25) is 10.0 Å². The van der Waals surface area contributed by atoms with Crippen molar-refractivity contribution in [2.45, 2.75) is 104 Å². The average molecular weight is 660 g/mol. The topological polar surface area (TPSA) is 149 Å². The zero-order chi connectivity index (χ0) is 33.7. The van der Waals surface area contributed by atoms with Crippen LogP contribution in [0.3, 0.4) is 0 Å². The second-order valence-corrected chi connectivity index (χ2v) is 15.8. The van der Waals surface area contributed by atoms with E-state index in [1.807, 2.05) is 4.90 Å². The fourth-order valence-corrected chi connectivity index (χ4v) is 8.93. The summed E-state index contributed by atoms with van der Waals surface area (Å²) >= 11 is 0. The molecular formula is C31H53N3O10S. The summed E-state index contributed by atoms with van der Waals surface area (Å²) in [6, 6.07) is -2.25. The average Bonchev–Trinajstić information content (AvgIpc) is 3.32. The van der Waals surface area contributed by atoms with E-state index in [0.29, 0.717) is 19.5 Å². The van der Waals surface area contributed by atoms with Crippen LogP contribution in [0.2, 0.25) is 0 Å². The molecule has 45 heavy (non-hydrogen) atoms. The molecule has 13 nitrogen and oxygen atoms in total. The van der Waals surface area contributed by atoms with Crippen molar-refractivity contribution < 1.29 is 46.5 Å². The lowest BCUT2D eigenvalue weighted by Crippen LogP contribution is -2.55. The molecule has 0 aromatic heterocycles. The van der Waals surface area contributed by atoms with E-state index < -0.39 is 57.9 Å². The monoisotopic (exact) mass is 659 g/mol. The predicted molar refractivity (Wildman–Crippen MR) is 166 cm³/mol. The van der Waals surface area contributed by atoms with Crippen molar-refractivity contribution in [2.75, 3.05) is 45.7 Å². The Hall–Kier alpha value is -2.61. The Labute approximate surface area is 268 Å². The van der Waals surface area contributed by atoms with Crippen LogP contribution in [0.15, 0.2) is 0 Å². The second-order valence-electron chi connectivity index (χ2n) is 13.9. The Bertz CT molecular complexity index is 1170. The molecule has 6 unspecified atom stereocenters. The number of carbonyl (C=O) groups excluding carboxylic acids is 4. The summed E-state index contributed by atoms with van der Waals surface area (Å²) in [5, 5.41) is 0. The van der Waals surface area contributed by atoms with E-state index in [1.165, 1.54) is 12.0 Å². The molecule has 14 heteroatoms. The van der Waals surface area contributed by atoms with Crippen LogP contribution in [-0.2, 0) is 38.6 Å².